The molecule has 1 aliphatic heterocycles. The van der Waals surface area contributed by atoms with E-state index in [1.165, 1.54) is 4.68 Å². The van der Waals surface area contributed by atoms with Gasteiger partial charge in [0.25, 0.3) is 0 Å². The van der Waals surface area contributed by atoms with E-state index in [4.69, 9.17) is 5.11 Å². The molecule has 1 aliphatic rings. The molecule has 2 aromatic heterocycles. The maximum absolute atomic E-state index is 12.7. The zero-order chi connectivity index (χ0) is 17.1. The number of nitrogens with zero attached hydrogens (tertiary/aromatic N) is 6. The van der Waals surface area contributed by atoms with Crippen LogP contribution in [-0.4, -0.2) is 56.5 Å². The Morgan fingerprint density at radius 1 is 1.46 bits per heavy atom. The Balaban J connectivity index is 1.75. The normalized spacial score (nSPS) is 17.3. The first kappa shape index (κ1) is 16.4. The van der Waals surface area contributed by atoms with Crippen LogP contribution in [0.1, 0.15) is 30.1 Å². The molecule has 8 heteroatoms. The highest BCUT2D eigenvalue weighted by Crippen LogP contribution is 2.33. The highest BCUT2D eigenvalue weighted by Gasteiger charge is 2.30. The van der Waals surface area contributed by atoms with Crippen LogP contribution in [0.3, 0.4) is 0 Å². The molecule has 8 nitrogen and oxygen atoms in total. The van der Waals surface area contributed by atoms with Crippen molar-refractivity contribution < 1.29 is 9.90 Å². The number of rotatable bonds is 5. The number of aliphatic hydroxyl groups excluding tert-OH is 1. The quantitative estimate of drug-likeness (QED) is 0.863. The Morgan fingerprint density at radius 3 is 3.00 bits per heavy atom. The number of carbonyl (C=O) groups excluding carboxylic acids is 1. The summed E-state index contributed by atoms with van der Waals surface area (Å²) < 4.78 is 1.47. The molecule has 3 heterocycles. The van der Waals surface area contributed by atoms with Gasteiger partial charge in [-0.25, -0.2) is 9.67 Å². The third-order valence-electron chi connectivity index (χ3n) is 4.23. The molecule has 0 bridgehead atoms. The van der Waals surface area contributed by atoms with Gasteiger partial charge in [-0.2, -0.15) is 0 Å². The second-order valence-corrected chi connectivity index (χ2v) is 6.15. The van der Waals surface area contributed by atoms with Crippen molar-refractivity contribution in [2.75, 3.05) is 25.5 Å². The van der Waals surface area contributed by atoms with E-state index in [0.29, 0.717) is 5.69 Å². The summed E-state index contributed by atoms with van der Waals surface area (Å²) in [6, 6.07) is 4.08. The first-order valence-electron chi connectivity index (χ1n) is 8.01. The summed E-state index contributed by atoms with van der Waals surface area (Å²) in [6.45, 7) is 0.699. The molecule has 1 unspecified atom stereocenters. The fraction of sp³-hybridized carbons (Fsp3) is 0.500. The SMILES string of the molecule is CN(C)c1cc(C2CCCN2C(=O)Cn2cc(CO)nn2)ccn1. The van der Waals surface area contributed by atoms with Gasteiger partial charge in [0.15, 0.2) is 0 Å². The zero-order valence-corrected chi connectivity index (χ0v) is 14.0. The Bertz CT molecular complexity index is 714. The van der Waals surface area contributed by atoms with Gasteiger partial charge >= 0.3 is 0 Å². The predicted molar refractivity (Wildman–Crippen MR) is 88.2 cm³/mol. The summed E-state index contributed by atoms with van der Waals surface area (Å²) >= 11 is 0. The number of aromatic nitrogens is 4. The first-order valence-corrected chi connectivity index (χ1v) is 8.01. The third kappa shape index (κ3) is 3.38. The monoisotopic (exact) mass is 330 g/mol. The van der Waals surface area contributed by atoms with Crippen molar-refractivity contribution in [1.82, 2.24) is 24.9 Å². The zero-order valence-electron chi connectivity index (χ0n) is 14.0. The van der Waals surface area contributed by atoms with E-state index in [-0.39, 0.29) is 25.1 Å². The van der Waals surface area contributed by atoms with Gasteiger partial charge in [-0.05, 0) is 30.5 Å². The number of pyridine rings is 1. The maximum Gasteiger partial charge on any atom is 0.244 e. The van der Waals surface area contributed by atoms with E-state index in [1.807, 2.05) is 36.0 Å². The smallest absolute Gasteiger partial charge is 0.244 e. The van der Waals surface area contributed by atoms with Crippen LogP contribution < -0.4 is 4.90 Å². The molecule has 1 N–H and O–H groups in total. The van der Waals surface area contributed by atoms with E-state index in [1.54, 1.807) is 12.4 Å². The Kier molecular flexibility index (Phi) is 4.75. The summed E-state index contributed by atoms with van der Waals surface area (Å²) in [6.07, 6.45) is 5.31. The van der Waals surface area contributed by atoms with Gasteiger partial charge in [0.05, 0.1) is 18.8 Å². The minimum Gasteiger partial charge on any atom is -0.390 e. The van der Waals surface area contributed by atoms with Crippen LogP contribution in [0, 0.1) is 0 Å². The number of aliphatic hydroxyl groups is 1. The molecular formula is C16H22N6O2. The Morgan fingerprint density at radius 2 is 2.29 bits per heavy atom. The summed E-state index contributed by atoms with van der Waals surface area (Å²) in [7, 11) is 3.90. The van der Waals surface area contributed by atoms with E-state index in [2.05, 4.69) is 15.3 Å². The fourth-order valence-electron chi connectivity index (χ4n) is 3.02. The van der Waals surface area contributed by atoms with Crippen molar-refractivity contribution in [1.29, 1.82) is 0 Å². The lowest BCUT2D eigenvalue weighted by Gasteiger charge is -2.25. The highest BCUT2D eigenvalue weighted by atomic mass is 16.3. The van der Waals surface area contributed by atoms with Gasteiger partial charge in [-0.15, -0.1) is 5.10 Å². The Labute approximate surface area is 140 Å². The van der Waals surface area contributed by atoms with Gasteiger partial charge in [0.2, 0.25) is 5.91 Å². The van der Waals surface area contributed by atoms with Crippen LogP contribution in [0.25, 0.3) is 0 Å². The molecule has 128 valence electrons. The average Bonchev–Trinajstić information content (AvgIpc) is 3.23. The van der Waals surface area contributed by atoms with Crippen LogP contribution in [-0.2, 0) is 17.9 Å². The molecule has 0 radical (unpaired) electrons. The molecule has 1 saturated heterocycles. The summed E-state index contributed by atoms with van der Waals surface area (Å²) in [4.78, 5) is 20.9. The van der Waals surface area contributed by atoms with Crippen molar-refractivity contribution in [2.45, 2.75) is 32.0 Å². The third-order valence-corrected chi connectivity index (χ3v) is 4.23. The lowest BCUT2D eigenvalue weighted by atomic mass is 10.1. The number of hydrogen-bond acceptors (Lipinski definition) is 6. The van der Waals surface area contributed by atoms with Gasteiger partial charge in [-0.3, -0.25) is 4.79 Å². The number of carbonyl (C=O) groups is 1. The van der Waals surface area contributed by atoms with Gasteiger partial charge in [0, 0.05) is 26.8 Å². The van der Waals surface area contributed by atoms with Gasteiger partial charge < -0.3 is 14.9 Å². The van der Waals surface area contributed by atoms with E-state index in [0.717, 1.165) is 30.8 Å². The lowest BCUT2D eigenvalue weighted by molar-refractivity contribution is -0.133. The van der Waals surface area contributed by atoms with Crippen LogP contribution in [0.4, 0.5) is 5.82 Å². The molecule has 24 heavy (non-hydrogen) atoms. The molecule has 1 fully saturated rings. The largest absolute Gasteiger partial charge is 0.390 e. The van der Waals surface area contributed by atoms with Crippen molar-refractivity contribution in [3.63, 3.8) is 0 Å². The predicted octanol–water partition coefficient (Wildman–Crippen LogP) is 0.595. The molecule has 0 saturated carbocycles. The minimum atomic E-state index is -0.176. The second-order valence-electron chi connectivity index (χ2n) is 6.15. The van der Waals surface area contributed by atoms with E-state index in [9.17, 15) is 4.79 Å². The van der Waals surface area contributed by atoms with Crippen molar-refractivity contribution in [3.8, 4) is 0 Å². The number of likely N-dealkylation sites (tertiary alicyclic amines) is 1. The van der Waals surface area contributed by atoms with Crippen molar-refractivity contribution >= 4 is 11.7 Å². The average molecular weight is 330 g/mol. The van der Waals surface area contributed by atoms with Crippen LogP contribution >= 0.6 is 0 Å². The number of amides is 1. The van der Waals surface area contributed by atoms with Gasteiger partial charge in [-0.1, -0.05) is 5.21 Å². The molecular weight excluding hydrogens is 308 g/mol. The van der Waals surface area contributed by atoms with Crippen molar-refractivity contribution in [3.05, 3.63) is 35.8 Å². The van der Waals surface area contributed by atoms with E-state index < -0.39 is 0 Å². The lowest BCUT2D eigenvalue weighted by Crippen LogP contribution is -2.33. The minimum absolute atomic E-state index is 0.00936. The van der Waals surface area contributed by atoms with Crippen molar-refractivity contribution in [2.24, 2.45) is 0 Å². The topological polar surface area (TPSA) is 87.4 Å². The molecule has 1 atom stereocenters. The molecule has 0 aromatic carbocycles. The highest BCUT2D eigenvalue weighted by molar-refractivity contribution is 5.76. The molecule has 1 amide bonds. The van der Waals surface area contributed by atoms with Gasteiger partial charge in [0.1, 0.15) is 18.1 Å². The first-order chi connectivity index (χ1) is 11.6. The Hall–Kier alpha value is -2.48. The summed E-state index contributed by atoms with van der Waals surface area (Å²) in [5, 5.41) is 16.7. The second kappa shape index (κ2) is 6.96. The molecule has 0 aliphatic carbocycles. The van der Waals surface area contributed by atoms with Crippen LogP contribution in [0.15, 0.2) is 24.5 Å². The van der Waals surface area contributed by atoms with E-state index >= 15 is 0 Å². The molecule has 0 spiro atoms. The summed E-state index contributed by atoms with van der Waals surface area (Å²) in [5.41, 5.74) is 1.57. The maximum atomic E-state index is 12.7. The molecule has 3 rings (SSSR count). The van der Waals surface area contributed by atoms with Crippen LogP contribution in [0.5, 0.6) is 0 Å². The standard InChI is InChI=1S/C16H22N6O2/c1-20(2)15-8-12(5-6-17-15)14-4-3-7-22(14)16(24)10-21-9-13(11-23)18-19-21/h5-6,8-9,14,23H,3-4,7,10-11H2,1-2H3. The summed E-state index contributed by atoms with van der Waals surface area (Å²) in [5.74, 6) is 0.894. The fourth-order valence-corrected chi connectivity index (χ4v) is 3.02. The number of anilines is 1. The van der Waals surface area contributed by atoms with Crippen LogP contribution in [0.2, 0.25) is 0 Å². The number of hydrogen-bond donors (Lipinski definition) is 1. The molecule has 2 aromatic rings.